The van der Waals surface area contributed by atoms with Crippen LogP contribution in [-0.2, 0) is 17.6 Å². The Morgan fingerprint density at radius 1 is 1.03 bits per heavy atom. The van der Waals surface area contributed by atoms with Crippen LogP contribution in [0.1, 0.15) is 41.9 Å². The summed E-state index contributed by atoms with van der Waals surface area (Å²) in [5.74, 6) is 1.76. The second-order valence-electron chi connectivity index (χ2n) is 7.67. The van der Waals surface area contributed by atoms with Crippen LogP contribution in [0.5, 0.6) is 11.5 Å². The Bertz CT molecular complexity index is 1030. The van der Waals surface area contributed by atoms with E-state index in [4.69, 9.17) is 19.2 Å². The molecule has 0 saturated heterocycles. The van der Waals surface area contributed by atoms with Gasteiger partial charge in [0.15, 0.2) is 0 Å². The van der Waals surface area contributed by atoms with Crippen LogP contribution in [0.15, 0.2) is 48.5 Å². The highest BCUT2D eigenvalue weighted by atomic mass is 16.6. The molecule has 0 amide bonds. The highest BCUT2D eigenvalue weighted by Crippen LogP contribution is 2.32. The minimum Gasteiger partial charge on any atom is -0.494 e. The van der Waals surface area contributed by atoms with Crippen molar-refractivity contribution < 1.29 is 19.0 Å². The van der Waals surface area contributed by atoms with Crippen molar-refractivity contribution in [3.05, 3.63) is 65.4 Å². The summed E-state index contributed by atoms with van der Waals surface area (Å²) in [5, 5.41) is 0.864. The maximum Gasteiger partial charge on any atom is 0.339 e. The molecule has 1 aromatic heterocycles. The van der Waals surface area contributed by atoms with E-state index in [0.29, 0.717) is 24.7 Å². The molecule has 5 nitrogen and oxygen atoms in total. The molecule has 0 unspecified atom stereocenters. The number of aryl methyl sites for hydroxylation is 1. The van der Waals surface area contributed by atoms with Gasteiger partial charge < -0.3 is 14.2 Å². The fraction of sp³-hybridized carbons (Fsp3) is 0.360. The van der Waals surface area contributed by atoms with Crippen LogP contribution >= 0.6 is 0 Å². The van der Waals surface area contributed by atoms with Gasteiger partial charge >= 0.3 is 5.97 Å². The smallest absolute Gasteiger partial charge is 0.339 e. The lowest BCUT2D eigenvalue weighted by atomic mass is 9.84. The summed E-state index contributed by atoms with van der Waals surface area (Å²) in [5.41, 5.74) is 3.60. The molecule has 4 rings (SSSR count). The molecule has 0 aliphatic heterocycles. The van der Waals surface area contributed by atoms with E-state index in [1.54, 1.807) is 0 Å². The van der Waals surface area contributed by atoms with E-state index >= 15 is 0 Å². The van der Waals surface area contributed by atoms with Gasteiger partial charge in [0.05, 0.1) is 17.7 Å². The van der Waals surface area contributed by atoms with Crippen molar-refractivity contribution in [1.82, 2.24) is 4.98 Å². The number of pyridine rings is 1. The van der Waals surface area contributed by atoms with Gasteiger partial charge in [0, 0.05) is 11.1 Å². The number of benzene rings is 2. The molecule has 1 atom stereocenters. The minimum atomic E-state index is -0.297. The normalized spacial score (nSPS) is 15.5. The molecule has 3 aromatic rings. The largest absolute Gasteiger partial charge is 0.494 e. The van der Waals surface area contributed by atoms with Crippen molar-refractivity contribution in [2.24, 2.45) is 5.92 Å². The third kappa shape index (κ3) is 4.40. The maximum atomic E-state index is 13.0. The van der Waals surface area contributed by atoms with Crippen molar-refractivity contribution in [2.45, 2.75) is 33.1 Å². The minimum absolute atomic E-state index is 0.188. The quantitative estimate of drug-likeness (QED) is 0.409. The molecule has 0 saturated carbocycles. The van der Waals surface area contributed by atoms with Gasteiger partial charge in [-0.25, -0.2) is 4.79 Å². The number of para-hydroxylation sites is 1. The molecule has 0 radical (unpaired) electrons. The van der Waals surface area contributed by atoms with Gasteiger partial charge in [0.25, 0.3) is 0 Å². The fourth-order valence-corrected chi connectivity index (χ4v) is 3.96. The van der Waals surface area contributed by atoms with Gasteiger partial charge in [-0.1, -0.05) is 25.1 Å². The van der Waals surface area contributed by atoms with E-state index in [0.717, 1.165) is 52.9 Å². The number of ether oxygens (including phenoxy) is 3. The van der Waals surface area contributed by atoms with E-state index < -0.39 is 0 Å². The lowest BCUT2D eigenvalue weighted by Crippen LogP contribution is -2.20. The zero-order valence-electron chi connectivity index (χ0n) is 17.5. The predicted molar refractivity (Wildman–Crippen MR) is 116 cm³/mol. The Morgan fingerprint density at radius 3 is 2.53 bits per heavy atom. The van der Waals surface area contributed by atoms with E-state index in [-0.39, 0.29) is 12.6 Å². The van der Waals surface area contributed by atoms with Gasteiger partial charge in [-0.3, -0.25) is 4.98 Å². The summed E-state index contributed by atoms with van der Waals surface area (Å²) >= 11 is 0. The molecule has 0 spiro atoms. The number of carbonyl (C=O) groups is 1. The molecule has 2 aromatic carbocycles. The Hall–Kier alpha value is -3.08. The number of hydrogen-bond donors (Lipinski definition) is 0. The van der Waals surface area contributed by atoms with Crippen LogP contribution in [0, 0.1) is 5.92 Å². The molecule has 0 fully saturated rings. The van der Waals surface area contributed by atoms with Gasteiger partial charge in [-0.2, -0.15) is 0 Å². The van der Waals surface area contributed by atoms with E-state index in [2.05, 4.69) is 6.92 Å². The zero-order chi connectivity index (χ0) is 20.9. The summed E-state index contributed by atoms with van der Waals surface area (Å²) in [7, 11) is 0. The number of esters is 1. The van der Waals surface area contributed by atoms with Crippen molar-refractivity contribution in [1.29, 1.82) is 0 Å². The first kappa shape index (κ1) is 20.2. The summed E-state index contributed by atoms with van der Waals surface area (Å²) < 4.78 is 16.7. The molecular weight excluding hydrogens is 378 g/mol. The summed E-state index contributed by atoms with van der Waals surface area (Å²) in [6.45, 7) is 5.27. The van der Waals surface area contributed by atoms with Gasteiger partial charge in [-0.05, 0) is 68.0 Å². The molecule has 30 heavy (non-hydrogen) atoms. The number of aromatic nitrogens is 1. The Balaban J connectivity index is 1.45. The highest BCUT2D eigenvalue weighted by Gasteiger charge is 2.26. The molecule has 1 aliphatic rings. The number of carbonyl (C=O) groups excluding carboxylic acids is 1. The van der Waals surface area contributed by atoms with Crippen LogP contribution in [0.4, 0.5) is 0 Å². The maximum absolute atomic E-state index is 13.0. The topological polar surface area (TPSA) is 57.7 Å². The number of hydrogen-bond acceptors (Lipinski definition) is 5. The van der Waals surface area contributed by atoms with Crippen LogP contribution in [0.2, 0.25) is 0 Å². The summed E-state index contributed by atoms with van der Waals surface area (Å²) in [4.78, 5) is 17.9. The SMILES string of the molecule is CCOc1ccc(OCCOC(=O)c2c3c(nc4ccccc24)CC[C@@H](C)C3)cc1. The average Bonchev–Trinajstić information content (AvgIpc) is 2.76. The Labute approximate surface area is 177 Å². The van der Waals surface area contributed by atoms with Crippen LogP contribution in [-0.4, -0.2) is 30.8 Å². The summed E-state index contributed by atoms with van der Waals surface area (Å²) in [6.07, 6.45) is 2.87. The highest BCUT2D eigenvalue weighted by molar-refractivity contribution is 6.05. The predicted octanol–water partition coefficient (Wildman–Crippen LogP) is 4.99. The Kier molecular flexibility index (Phi) is 6.17. The third-order valence-corrected chi connectivity index (χ3v) is 5.43. The van der Waals surface area contributed by atoms with E-state index in [1.807, 2.05) is 55.5 Å². The van der Waals surface area contributed by atoms with Gasteiger partial charge in [0.2, 0.25) is 0 Å². The average molecular weight is 405 g/mol. The first-order chi connectivity index (χ1) is 14.7. The molecule has 0 N–H and O–H groups in total. The monoisotopic (exact) mass is 405 g/mol. The molecule has 156 valence electrons. The molecule has 5 heteroatoms. The number of nitrogens with zero attached hydrogens (tertiary/aromatic N) is 1. The van der Waals surface area contributed by atoms with Gasteiger partial charge in [0.1, 0.15) is 24.7 Å². The second-order valence-corrected chi connectivity index (χ2v) is 7.67. The second kappa shape index (κ2) is 9.16. The summed E-state index contributed by atoms with van der Waals surface area (Å²) in [6, 6.07) is 15.2. The van der Waals surface area contributed by atoms with Crippen LogP contribution < -0.4 is 9.47 Å². The number of fused-ring (bicyclic) bond motifs is 2. The van der Waals surface area contributed by atoms with Crippen LogP contribution in [0.25, 0.3) is 10.9 Å². The lowest BCUT2D eigenvalue weighted by molar-refractivity contribution is 0.0451. The fourth-order valence-electron chi connectivity index (χ4n) is 3.96. The first-order valence-corrected chi connectivity index (χ1v) is 10.6. The lowest BCUT2D eigenvalue weighted by Gasteiger charge is -2.24. The molecule has 0 bridgehead atoms. The van der Waals surface area contributed by atoms with Gasteiger partial charge in [-0.15, -0.1) is 0 Å². The standard InChI is InChI=1S/C25H27NO4/c1-3-28-18-9-11-19(12-10-18)29-14-15-30-25(27)24-20-6-4-5-7-22(20)26-23-13-8-17(2)16-21(23)24/h4-7,9-12,17H,3,8,13-16H2,1-2H3/t17-/m1/s1. The van der Waals surface area contributed by atoms with Crippen molar-refractivity contribution in [3.63, 3.8) is 0 Å². The van der Waals surface area contributed by atoms with Crippen molar-refractivity contribution in [3.8, 4) is 11.5 Å². The Morgan fingerprint density at radius 2 is 1.77 bits per heavy atom. The van der Waals surface area contributed by atoms with Crippen molar-refractivity contribution in [2.75, 3.05) is 19.8 Å². The van der Waals surface area contributed by atoms with Crippen LogP contribution in [0.3, 0.4) is 0 Å². The number of rotatable bonds is 7. The van der Waals surface area contributed by atoms with Crippen molar-refractivity contribution >= 4 is 16.9 Å². The third-order valence-electron chi connectivity index (χ3n) is 5.43. The molecule has 1 aliphatic carbocycles. The molecule has 1 heterocycles. The zero-order valence-corrected chi connectivity index (χ0v) is 17.5. The van der Waals surface area contributed by atoms with E-state index in [1.165, 1.54) is 0 Å². The van der Waals surface area contributed by atoms with E-state index in [9.17, 15) is 4.79 Å². The molecular formula is C25H27NO4. The first-order valence-electron chi connectivity index (χ1n) is 10.6.